The number of aryl methyl sites for hydroxylation is 1. The first-order chi connectivity index (χ1) is 12.2. The summed E-state index contributed by atoms with van der Waals surface area (Å²) < 4.78 is 0. The van der Waals surface area contributed by atoms with E-state index < -0.39 is 5.54 Å². The van der Waals surface area contributed by atoms with Gasteiger partial charge in [-0.25, -0.2) is 0 Å². The molecule has 0 spiro atoms. The van der Waals surface area contributed by atoms with Crippen LogP contribution in [0.25, 0.3) is 10.4 Å². The molecule has 122 valence electrons. The Morgan fingerprint density at radius 2 is 1.44 bits per heavy atom. The Morgan fingerprint density at radius 3 is 2.04 bits per heavy atom. The zero-order chi connectivity index (χ0) is 17.7. The van der Waals surface area contributed by atoms with Crippen molar-refractivity contribution in [3.8, 4) is 0 Å². The Kier molecular flexibility index (Phi) is 4.64. The number of azide groups is 1. The third-order valence-corrected chi connectivity index (χ3v) is 4.29. The molecule has 0 aliphatic rings. The van der Waals surface area contributed by atoms with Crippen LogP contribution in [0.2, 0.25) is 0 Å². The van der Waals surface area contributed by atoms with Crippen molar-refractivity contribution in [3.63, 3.8) is 0 Å². The molecule has 0 heterocycles. The number of ketones is 1. The quantitative estimate of drug-likeness (QED) is 0.266. The molecule has 25 heavy (non-hydrogen) atoms. The molecule has 4 heteroatoms. The molecule has 0 N–H and O–H groups in total. The molecule has 0 fully saturated rings. The minimum absolute atomic E-state index is 0.244. The fourth-order valence-electron chi connectivity index (χ4n) is 3.09. The number of carbonyl (C=O) groups is 1. The number of benzene rings is 3. The zero-order valence-corrected chi connectivity index (χ0v) is 13.8. The van der Waals surface area contributed by atoms with E-state index in [2.05, 4.69) is 10.0 Å². The van der Waals surface area contributed by atoms with Gasteiger partial charge in [0.15, 0.2) is 11.3 Å². The van der Waals surface area contributed by atoms with Gasteiger partial charge in [-0.2, -0.15) is 0 Å². The lowest BCUT2D eigenvalue weighted by molar-refractivity contribution is 0.0915. The van der Waals surface area contributed by atoms with Crippen LogP contribution in [0.4, 0.5) is 0 Å². The maximum Gasteiger partial charge on any atom is 0.183 e. The summed E-state index contributed by atoms with van der Waals surface area (Å²) in [4.78, 5) is 16.6. The predicted molar refractivity (Wildman–Crippen MR) is 98.3 cm³/mol. The van der Waals surface area contributed by atoms with Crippen LogP contribution >= 0.6 is 0 Å². The predicted octanol–water partition coefficient (Wildman–Crippen LogP) is 5.43. The molecule has 4 nitrogen and oxygen atoms in total. The number of Topliss-reactive ketones (excluding diaryl/α,β-unsaturated/α-hetero) is 1. The van der Waals surface area contributed by atoms with E-state index in [0.29, 0.717) is 16.7 Å². The molecule has 0 aliphatic heterocycles. The first-order valence-electron chi connectivity index (χ1n) is 7.98. The van der Waals surface area contributed by atoms with Gasteiger partial charge in [0.2, 0.25) is 0 Å². The first-order valence-corrected chi connectivity index (χ1v) is 7.98. The van der Waals surface area contributed by atoms with Gasteiger partial charge in [0.1, 0.15) is 0 Å². The third-order valence-electron chi connectivity index (χ3n) is 4.29. The van der Waals surface area contributed by atoms with E-state index in [1.807, 2.05) is 67.6 Å². The topological polar surface area (TPSA) is 65.8 Å². The van der Waals surface area contributed by atoms with E-state index in [9.17, 15) is 10.3 Å². The van der Waals surface area contributed by atoms with E-state index in [-0.39, 0.29) is 5.78 Å². The molecule has 0 amide bonds. The van der Waals surface area contributed by atoms with E-state index in [0.717, 1.165) is 5.56 Å². The van der Waals surface area contributed by atoms with Gasteiger partial charge in [0, 0.05) is 10.5 Å². The van der Waals surface area contributed by atoms with Crippen molar-refractivity contribution in [2.24, 2.45) is 5.11 Å². The highest BCUT2D eigenvalue weighted by Gasteiger charge is 2.42. The lowest BCUT2D eigenvalue weighted by Crippen LogP contribution is -2.35. The molecular weight excluding hydrogens is 310 g/mol. The first kappa shape index (κ1) is 16.5. The highest BCUT2D eigenvalue weighted by molar-refractivity contribution is 6.06. The number of rotatable bonds is 5. The van der Waals surface area contributed by atoms with Gasteiger partial charge >= 0.3 is 0 Å². The highest BCUT2D eigenvalue weighted by atomic mass is 16.1. The maximum absolute atomic E-state index is 13.5. The van der Waals surface area contributed by atoms with Crippen LogP contribution < -0.4 is 0 Å². The van der Waals surface area contributed by atoms with Crippen molar-refractivity contribution >= 4 is 5.78 Å². The number of carbonyl (C=O) groups excluding carboxylic acids is 1. The smallest absolute Gasteiger partial charge is 0.183 e. The molecule has 3 rings (SSSR count). The van der Waals surface area contributed by atoms with Gasteiger partial charge < -0.3 is 0 Å². The van der Waals surface area contributed by atoms with E-state index in [1.54, 1.807) is 24.3 Å². The Labute approximate surface area is 146 Å². The molecule has 3 aromatic rings. The van der Waals surface area contributed by atoms with Gasteiger partial charge in [0.05, 0.1) is 0 Å². The average molecular weight is 327 g/mol. The molecule has 3 aromatic carbocycles. The molecule has 0 radical (unpaired) electrons. The van der Waals surface area contributed by atoms with E-state index in [1.165, 1.54) is 0 Å². The Morgan fingerprint density at radius 1 is 0.880 bits per heavy atom. The van der Waals surface area contributed by atoms with Crippen LogP contribution in [-0.2, 0) is 5.54 Å². The number of hydrogen-bond donors (Lipinski definition) is 0. The van der Waals surface area contributed by atoms with Crippen LogP contribution in [0.5, 0.6) is 0 Å². The van der Waals surface area contributed by atoms with Crippen molar-refractivity contribution in [2.45, 2.75) is 12.5 Å². The number of hydrogen-bond acceptors (Lipinski definition) is 2. The molecule has 0 saturated heterocycles. The van der Waals surface area contributed by atoms with Crippen LogP contribution in [-0.4, -0.2) is 5.78 Å². The van der Waals surface area contributed by atoms with Crippen LogP contribution in [0.1, 0.15) is 27.0 Å². The third kappa shape index (κ3) is 2.91. The second-order valence-electron chi connectivity index (χ2n) is 5.78. The summed E-state index contributed by atoms with van der Waals surface area (Å²) in [7, 11) is 0. The SMILES string of the molecule is Cc1ccccc1C(N=[N+]=[N-])(C(=O)c1ccccc1)c1ccccc1. The molecular formula is C21H17N3O. The van der Waals surface area contributed by atoms with Crippen molar-refractivity contribution < 1.29 is 4.79 Å². The summed E-state index contributed by atoms with van der Waals surface area (Å²) in [5, 5.41) is 4.06. The summed E-state index contributed by atoms with van der Waals surface area (Å²) in [6.07, 6.45) is 0. The largest absolute Gasteiger partial charge is 0.293 e. The van der Waals surface area contributed by atoms with Gasteiger partial charge in [-0.15, -0.1) is 0 Å². The normalized spacial score (nSPS) is 12.7. The van der Waals surface area contributed by atoms with Crippen molar-refractivity contribution in [1.29, 1.82) is 0 Å². The molecule has 0 saturated carbocycles. The zero-order valence-electron chi connectivity index (χ0n) is 13.8. The Bertz CT molecular complexity index is 932. The minimum atomic E-state index is -1.44. The van der Waals surface area contributed by atoms with Gasteiger partial charge in [-0.1, -0.05) is 90.0 Å². The Hall–Kier alpha value is -3.36. The monoisotopic (exact) mass is 327 g/mol. The lowest BCUT2D eigenvalue weighted by atomic mass is 9.76. The molecule has 1 unspecified atom stereocenters. The van der Waals surface area contributed by atoms with Gasteiger partial charge in [-0.05, 0) is 29.1 Å². The van der Waals surface area contributed by atoms with E-state index in [4.69, 9.17) is 0 Å². The molecule has 0 bridgehead atoms. The van der Waals surface area contributed by atoms with Crippen LogP contribution in [0, 0.1) is 6.92 Å². The molecule has 0 aliphatic carbocycles. The second-order valence-corrected chi connectivity index (χ2v) is 5.78. The van der Waals surface area contributed by atoms with Crippen LogP contribution in [0.3, 0.4) is 0 Å². The van der Waals surface area contributed by atoms with Crippen molar-refractivity contribution in [2.75, 3.05) is 0 Å². The molecule has 0 aromatic heterocycles. The van der Waals surface area contributed by atoms with Crippen LogP contribution in [0.15, 0.2) is 90.0 Å². The summed E-state index contributed by atoms with van der Waals surface area (Å²) >= 11 is 0. The highest BCUT2D eigenvalue weighted by Crippen LogP contribution is 2.39. The fraction of sp³-hybridized carbons (Fsp3) is 0.0952. The fourth-order valence-corrected chi connectivity index (χ4v) is 3.09. The van der Waals surface area contributed by atoms with E-state index >= 15 is 0 Å². The van der Waals surface area contributed by atoms with Gasteiger partial charge in [-0.3, -0.25) is 4.79 Å². The second kappa shape index (κ2) is 7.04. The minimum Gasteiger partial charge on any atom is -0.293 e. The number of nitrogens with zero attached hydrogens (tertiary/aromatic N) is 3. The summed E-state index contributed by atoms with van der Waals surface area (Å²) in [6, 6.07) is 25.6. The maximum atomic E-state index is 13.5. The van der Waals surface area contributed by atoms with Gasteiger partial charge in [0.25, 0.3) is 0 Å². The summed E-state index contributed by atoms with van der Waals surface area (Å²) in [5.41, 5.74) is 10.6. The Balaban J connectivity index is 2.36. The van der Waals surface area contributed by atoms with Crippen molar-refractivity contribution in [1.82, 2.24) is 0 Å². The average Bonchev–Trinajstić information content (AvgIpc) is 2.68. The van der Waals surface area contributed by atoms with Crippen molar-refractivity contribution in [3.05, 3.63) is 118 Å². The standard InChI is InChI=1S/C21H17N3O/c1-16-10-8-9-15-19(16)21(23-24-22,18-13-6-3-7-14-18)20(25)17-11-4-2-5-12-17/h2-15H,1H3. The molecule has 1 atom stereocenters. The summed E-state index contributed by atoms with van der Waals surface area (Å²) in [5.74, 6) is -0.244. The lowest BCUT2D eigenvalue weighted by Gasteiger charge is -2.30. The summed E-state index contributed by atoms with van der Waals surface area (Å²) in [6.45, 7) is 1.91.